The molecule has 0 aliphatic rings. The number of rotatable bonds is 8. The summed E-state index contributed by atoms with van der Waals surface area (Å²) < 4.78 is 25.3. The number of nitrogens with one attached hydrogen (secondary N) is 2. The summed E-state index contributed by atoms with van der Waals surface area (Å²) in [5, 5.41) is 13.7. The van der Waals surface area contributed by atoms with Crippen molar-refractivity contribution in [1.82, 2.24) is 10.0 Å². The van der Waals surface area contributed by atoms with Gasteiger partial charge in [-0.3, -0.25) is 14.9 Å². The molecule has 2 N–H and O–H groups in total. The lowest BCUT2D eigenvalue weighted by Gasteiger charge is -2.07. The summed E-state index contributed by atoms with van der Waals surface area (Å²) in [6.07, 6.45) is -0.0876. The van der Waals surface area contributed by atoms with Crippen LogP contribution in [0.5, 0.6) is 0 Å². The number of sulfonamides is 1. The first kappa shape index (κ1) is 19.5. The van der Waals surface area contributed by atoms with Crippen molar-refractivity contribution in [1.29, 1.82) is 0 Å². The summed E-state index contributed by atoms with van der Waals surface area (Å²) in [5.74, 6) is -0.450. The second kappa shape index (κ2) is 8.54. The molecule has 2 rings (SSSR count). The average molecular weight is 377 g/mol. The summed E-state index contributed by atoms with van der Waals surface area (Å²) in [6, 6.07) is 12.9. The highest BCUT2D eigenvalue weighted by Gasteiger charge is 2.15. The molecule has 0 aromatic heterocycles. The van der Waals surface area contributed by atoms with Gasteiger partial charge in [-0.1, -0.05) is 42.5 Å². The molecular weight excluding hydrogens is 358 g/mol. The van der Waals surface area contributed by atoms with E-state index in [1.54, 1.807) is 42.5 Å². The Morgan fingerprint density at radius 3 is 2.31 bits per heavy atom. The van der Waals surface area contributed by atoms with Gasteiger partial charge in [-0.15, -0.1) is 0 Å². The Hall–Kier alpha value is -2.78. The fraction of sp³-hybridized carbons (Fsp3) is 0.235. The second-order valence-corrected chi connectivity index (χ2v) is 7.55. The van der Waals surface area contributed by atoms with Crippen LogP contribution in [0.2, 0.25) is 0 Å². The maximum atomic E-state index is 12.0. The number of carbonyl (C=O) groups excluding carboxylic acids is 1. The van der Waals surface area contributed by atoms with Crippen LogP contribution >= 0.6 is 0 Å². The Kier molecular flexibility index (Phi) is 6.42. The van der Waals surface area contributed by atoms with Gasteiger partial charge in [0, 0.05) is 18.2 Å². The van der Waals surface area contributed by atoms with Crippen molar-refractivity contribution in [2.75, 3.05) is 7.05 Å². The van der Waals surface area contributed by atoms with E-state index < -0.39 is 14.9 Å². The number of carbonyl (C=O) groups is 1. The highest BCUT2D eigenvalue weighted by Crippen LogP contribution is 2.18. The van der Waals surface area contributed by atoms with Crippen molar-refractivity contribution in [3.05, 3.63) is 75.3 Å². The van der Waals surface area contributed by atoms with Crippen LogP contribution in [0.1, 0.15) is 16.7 Å². The number of para-hydroxylation sites is 1. The molecule has 9 heteroatoms. The molecule has 0 spiro atoms. The molecule has 138 valence electrons. The number of hydrogen-bond acceptors (Lipinski definition) is 5. The van der Waals surface area contributed by atoms with Gasteiger partial charge in [-0.25, -0.2) is 13.1 Å². The largest absolute Gasteiger partial charge is 0.352 e. The highest BCUT2D eigenvalue weighted by atomic mass is 32.2. The standard InChI is InChI=1S/C17H19N3O5S/c1-18-26(24,25)12-14-8-6-13(7-9-14)11-19-17(21)10-15-4-2-3-5-16(15)20(22)23/h2-9,18H,10-12H2,1H3,(H,19,21). The summed E-state index contributed by atoms with van der Waals surface area (Å²) in [4.78, 5) is 22.5. The van der Waals surface area contributed by atoms with Crippen molar-refractivity contribution in [3.8, 4) is 0 Å². The number of nitrogens with zero attached hydrogens (tertiary/aromatic N) is 1. The number of benzene rings is 2. The van der Waals surface area contributed by atoms with Crippen LogP contribution < -0.4 is 10.0 Å². The molecule has 8 nitrogen and oxygen atoms in total. The molecule has 0 atom stereocenters. The Bertz CT molecular complexity index is 895. The predicted octanol–water partition coefficient (Wildman–Crippen LogP) is 1.50. The number of nitro benzene ring substituents is 1. The van der Waals surface area contributed by atoms with Gasteiger partial charge in [0.25, 0.3) is 5.69 Å². The summed E-state index contributed by atoms with van der Waals surface area (Å²) in [6.45, 7) is 0.249. The SMILES string of the molecule is CNS(=O)(=O)Cc1ccc(CNC(=O)Cc2ccccc2[N+](=O)[O-])cc1. The van der Waals surface area contributed by atoms with E-state index in [1.165, 1.54) is 13.1 Å². The molecule has 0 saturated heterocycles. The molecule has 0 bridgehead atoms. The van der Waals surface area contributed by atoms with Gasteiger partial charge in [0.05, 0.1) is 17.1 Å². The zero-order chi connectivity index (χ0) is 19.2. The molecule has 0 aliphatic carbocycles. The third-order valence-corrected chi connectivity index (χ3v) is 5.06. The first-order valence-electron chi connectivity index (χ1n) is 7.79. The van der Waals surface area contributed by atoms with E-state index in [0.717, 1.165) is 5.56 Å². The van der Waals surface area contributed by atoms with Crippen molar-refractivity contribution in [2.45, 2.75) is 18.7 Å². The molecule has 26 heavy (non-hydrogen) atoms. The predicted molar refractivity (Wildman–Crippen MR) is 96.8 cm³/mol. The van der Waals surface area contributed by atoms with E-state index in [0.29, 0.717) is 11.1 Å². The highest BCUT2D eigenvalue weighted by molar-refractivity contribution is 7.88. The van der Waals surface area contributed by atoms with Crippen LogP contribution in [0.15, 0.2) is 48.5 Å². The average Bonchev–Trinajstić information content (AvgIpc) is 2.61. The molecule has 0 radical (unpaired) electrons. The monoisotopic (exact) mass is 377 g/mol. The maximum Gasteiger partial charge on any atom is 0.273 e. The van der Waals surface area contributed by atoms with E-state index in [1.807, 2.05) is 0 Å². The van der Waals surface area contributed by atoms with E-state index in [9.17, 15) is 23.3 Å². The van der Waals surface area contributed by atoms with Crippen molar-refractivity contribution in [2.24, 2.45) is 0 Å². The second-order valence-electron chi connectivity index (χ2n) is 5.62. The molecule has 0 saturated carbocycles. The van der Waals surface area contributed by atoms with Gasteiger partial charge >= 0.3 is 0 Å². The summed E-state index contributed by atoms with van der Waals surface area (Å²) >= 11 is 0. The van der Waals surface area contributed by atoms with E-state index in [2.05, 4.69) is 10.0 Å². The molecule has 2 aromatic rings. The van der Waals surface area contributed by atoms with E-state index in [-0.39, 0.29) is 30.3 Å². The molecule has 0 aliphatic heterocycles. The lowest BCUT2D eigenvalue weighted by atomic mass is 10.1. The number of amides is 1. The molecular formula is C17H19N3O5S. The van der Waals surface area contributed by atoms with Gasteiger partial charge < -0.3 is 5.32 Å². The minimum absolute atomic E-state index is 0.0854. The first-order chi connectivity index (χ1) is 12.3. The van der Waals surface area contributed by atoms with Gasteiger partial charge in [0.2, 0.25) is 15.9 Å². The minimum atomic E-state index is -3.33. The molecule has 0 unspecified atom stereocenters. The smallest absolute Gasteiger partial charge is 0.273 e. The van der Waals surface area contributed by atoms with Gasteiger partial charge in [-0.2, -0.15) is 0 Å². The van der Waals surface area contributed by atoms with Crippen molar-refractivity contribution in [3.63, 3.8) is 0 Å². The first-order valence-corrected chi connectivity index (χ1v) is 9.44. The number of hydrogen-bond donors (Lipinski definition) is 2. The molecule has 1 amide bonds. The zero-order valence-corrected chi connectivity index (χ0v) is 15.0. The lowest BCUT2D eigenvalue weighted by molar-refractivity contribution is -0.385. The Morgan fingerprint density at radius 1 is 1.08 bits per heavy atom. The van der Waals surface area contributed by atoms with Crippen LogP contribution in [-0.2, 0) is 33.5 Å². The number of nitro groups is 1. The summed E-state index contributed by atoms with van der Waals surface area (Å²) in [5.41, 5.74) is 1.70. The molecule has 0 fully saturated rings. The van der Waals surface area contributed by atoms with Crippen LogP contribution in [-0.4, -0.2) is 26.3 Å². The maximum absolute atomic E-state index is 12.0. The Balaban J connectivity index is 1.93. The minimum Gasteiger partial charge on any atom is -0.352 e. The topological polar surface area (TPSA) is 118 Å². The van der Waals surface area contributed by atoms with Crippen LogP contribution in [0.4, 0.5) is 5.69 Å². The van der Waals surface area contributed by atoms with Gasteiger partial charge in [0.15, 0.2) is 0 Å². The van der Waals surface area contributed by atoms with Gasteiger partial charge in [0.1, 0.15) is 0 Å². The van der Waals surface area contributed by atoms with Crippen LogP contribution in [0, 0.1) is 10.1 Å². The zero-order valence-electron chi connectivity index (χ0n) is 14.1. The third kappa shape index (κ3) is 5.64. The van der Waals surface area contributed by atoms with E-state index >= 15 is 0 Å². The quantitative estimate of drug-likeness (QED) is 0.534. The Labute approximate surface area is 151 Å². The normalized spacial score (nSPS) is 11.1. The van der Waals surface area contributed by atoms with Crippen molar-refractivity contribution < 1.29 is 18.1 Å². The third-order valence-electron chi connectivity index (χ3n) is 3.72. The summed E-state index contributed by atoms with van der Waals surface area (Å²) in [7, 11) is -1.97. The lowest BCUT2D eigenvalue weighted by Crippen LogP contribution is -2.25. The van der Waals surface area contributed by atoms with Crippen LogP contribution in [0.3, 0.4) is 0 Å². The molecule has 2 aromatic carbocycles. The fourth-order valence-corrected chi connectivity index (χ4v) is 3.10. The fourth-order valence-electron chi connectivity index (χ4n) is 2.32. The van der Waals surface area contributed by atoms with Gasteiger partial charge in [-0.05, 0) is 18.2 Å². The van der Waals surface area contributed by atoms with Crippen LogP contribution in [0.25, 0.3) is 0 Å². The van der Waals surface area contributed by atoms with Crippen molar-refractivity contribution >= 4 is 21.6 Å². The van der Waals surface area contributed by atoms with E-state index in [4.69, 9.17) is 0 Å². The Morgan fingerprint density at radius 2 is 1.69 bits per heavy atom. The molecule has 0 heterocycles.